The first-order chi connectivity index (χ1) is 4.83. The van der Waals surface area contributed by atoms with Crippen LogP contribution in [0.4, 0.5) is 0 Å². The summed E-state index contributed by atoms with van der Waals surface area (Å²) < 4.78 is 0. The van der Waals surface area contributed by atoms with Crippen molar-refractivity contribution in [2.24, 2.45) is 0 Å². The summed E-state index contributed by atoms with van der Waals surface area (Å²) in [7, 11) is 0. The molecule has 0 saturated heterocycles. The van der Waals surface area contributed by atoms with Gasteiger partial charge >= 0.3 is 0 Å². The quantitative estimate of drug-likeness (QED) is 0.264. The van der Waals surface area contributed by atoms with Gasteiger partial charge in [-0.15, -0.1) is 0 Å². The second-order valence-electron chi connectivity index (χ2n) is 0.552. The van der Waals surface area contributed by atoms with Gasteiger partial charge in [0.25, 0.3) is 0 Å². The molecule has 10 heavy (non-hydrogen) atoms. The zero-order chi connectivity index (χ0) is 9.41. The first-order valence-corrected chi connectivity index (χ1v) is 2.20. The molecule has 0 aliphatic rings. The van der Waals surface area contributed by atoms with E-state index in [2.05, 4.69) is 0 Å². The Kier molecular flexibility index (Phi) is 722. The third-order valence-electron chi connectivity index (χ3n) is 0. The molecule has 0 radical (unpaired) electrons. The average molecular weight is 156 g/mol. The second kappa shape index (κ2) is 315. The van der Waals surface area contributed by atoms with Crippen LogP contribution in [0.25, 0.3) is 0 Å². The van der Waals surface area contributed by atoms with Crippen molar-refractivity contribution in [3.63, 3.8) is 0 Å². The topological polar surface area (TPSA) is 112 Å². The molecule has 0 aliphatic heterocycles. The van der Waals surface area contributed by atoms with Gasteiger partial charge in [0.15, 0.2) is 0 Å². The Hall–Kier alpha value is -0.850. The molecule has 0 aliphatic carbocycles. The SMILES string of the molecule is CC=O.CCO.O=O.OO. The first kappa shape index (κ1) is 22.9. The molecule has 0 aromatic rings. The van der Waals surface area contributed by atoms with Crippen LogP contribution in [-0.2, 0) is 4.79 Å². The van der Waals surface area contributed by atoms with Crippen molar-refractivity contribution in [3.8, 4) is 0 Å². The third kappa shape index (κ3) is 374. The van der Waals surface area contributed by atoms with E-state index in [9.17, 15) is 0 Å². The van der Waals surface area contributed by atoms with E-state index in [0.717, 1.165) is 6.29 Å². The molecule has 0 rings (SSSR count). The molecular weight excluding hydrogens is 144 g/mol. The molecule has 64 valence electrons. The molecule has 0 heterocycles. The summed E-state index contributed by atoms with van der Waals surface area (Å²) in [6.07, 6.45) is 0.750. The van der Waals surface area contributed by atoms with Gasteiger partial charge in [-0.2, -0.15) is 0 Å². The average Bonchev–Trinajstić information content (AvgIpc) is 1.99. The summed E-state index contributed by atoms with van der Waals surface area (Å²) in [5, 5.41) is 19.6. The number of hydrogen-bond acceptors (Lipinski definition) is 6. The molecular formula is C4H12O6. The fraction of sp³-hybridized carbons (Fsp3) is 0.750. The lowest BCUT2D eigenvalue weighted by Crippen LogP contribution is -1.57. The van der Waals surface area contributed by atoms with Crippen molar-refractivity contribution in [1.29, 1.82) is 0 Å². The lowest BCUT2D eigenvalue weighted by molar-refractivity contribution is -0.176. The van der Waals surface area contributed by atoms with Crippen LogP contribution in [0.1, 0.15) is 13.8 Å². The van der Waals surface area contributed by atoms with E-state index in [1.165, 1.54) is 6.92 Å². The molecule has 0 amide bonds. The van der Waals surface area contributed by atoms with Gasteiger partial charge in [-0.25, -0.2) is 0 Å². The Morgan fingerprint density at radius 3 is 1.30 bits per heavy atom. The van der Waals surface area contributed by atoms with Crippen LogP contribution in [0.15, 0.2) is 0 Å². The van der Waals surface area contributed by atoms with Crippen LogP contribution in [0, 0.1) is 9.93 Å². The van der Waals surface area contributed by atoms with Gasteiger partial charge in [0.2, 0.25) is 0 Å². The highest BCUT2D eigenvalue weighted by atomic mass is 17.0. The maximum absolute atomic E-state index is 8.81. The van der Waals surface area contributed by atoms with Crippen LogP contribution in [0.5, 0.6) is 0 Å². The van der Waals surface area contributed by atoms with Crippen molar-refractivity contribution in [2.75, 3.05) is 6.61 Å². The maximum atomic E-state index is 8.81. The Balaban J connectivity index is -0.0000000246. The second-order valence-corrected chi connectivity index (χ2v) is 0.552. The normalized spacial score (nSPS) is 4.10. The highest BCUT2D eigenvalue weighted by Gasteiger charge is 1.34. The Labute approximate surface area is 58.3 Å². The van der Waals surface area contributed by atoms with E-state index in [1.807, 2.05) is 0 Å². The molecule has 0 unspecified atom stereocenters. The minimum absolute atomic E-state index is 0.250. The zero-order valence-corrected chi connectivity index (χ0v) is 5.85. The summed E-state index contributed by atoms with van der Waals surface area (Å²) in [5.74, 6) is 0. The predicted molar refractivity (Wildman–Crippen MR) is 36.5 cm³/mol. The first-order valence-electron chi connectivity index (χ1n) is 2.20. The largest absolute Gasteiger partial charge is 0.397 e. The van der Waals surface area contributed by atoms with E-state index in [-0.39, 0.29) is 6.61 Å². The van der Waals surface area contributed by atoms with E-state index in [0.29, 0.717) is 0 Å². The molecule has 0 spiro atoms. The lowest BCUT2D eigenvalue weighted by atomic mass is 10.9. The van der Waals surface area contributed by atoms with Crippen molar-refractivity contribution in [3.05, 3.63) is 9.93 Å². The summed E-state index contributed by atoms with van der Waals surface area (Å²) in [6.45, 7) is 3.38. The Morgan fingerprint density at radius 1 is 1.30 bits per heavy atom. The molecule has 0 aromatic carbocycles. The molecule has 0 atom stereocenters. The van der Waals surface area contributed by atoms with Gasteiger partial charge in [0.05, 0.1) is 0 Å². The third-order valence-corrected chi connectivity index (χ3v) is 0. The number of aldehydes is 1. The fourth-order valence-electron chi connectivity index (χ4n) is 0. The van der Waals surface area contributed by atoms with E-state index in [1.54, 1.807) is 6.92 Å². The highest BCUT2D eigenvalue weighted by Crippen LogP contribution is 1.30. The van der Waals surface area contributed by atoms with Gasteiger partial charge in [0.1, 0.15) is 6.29 Å². The minimum Gasteiger partial charge on any atom is -0.397 e. The maximum Gasteiger partial charge on any atom is 0.116 e. The number of rotatable bonds is 0. The molecule has 0 bridgehead atoms. The Morgan fingerprint density at radius 2 is 1.30 bits per heavy atom. The summed E-state index contributed by atoms with van der Waals surface area (Å²) in [6, 6.07) is 0. The fourth-order valence-corrected chi connectivity index (χ4v) is 0. The van der Waals surface area contributed by atoms with Crippen LogP contribution >= 0.6 is 0 Å². The standard InChI is InChI=1S/C2H6O.C2H4O.H2O2.O2/c2*1-2-3;2*1-2/h3H,2H2,1H3;2H,1H3;1-2H;. The van der Waals surface area contributed by atoms with Gasteiger partial charge in [-0.3, -0.25) is 10.5 Å². The molecule has 6 nitrogen and oxygen atoms in total. The van der Waals surface area contributed by atoms with Crippen LogP contribution in [0.2, 0.25) is 0 Å². The smallest absolute Gasteiger partial charge is 0.116 e. The molecule has 0 fully saturated rings. The van der Waals surface area contributed by atoms with E-state index < -0.39 is 0 Å². The molecule has 3 N–H and O–H groups in total. The Bertz CT molecular complexity index is 30.9. The highest BCUT2D eigenvalue weighted by molar-refractivity contribution is 5.44. The van der Waals surface area contributed by atoms with E-state index in [4.69, 9.17) is 30.3 Å². The van der Waals surface area contributed by atoms with Crippen molar-refractivity contribution in [1.82, 2.24) is 0 Å². The summed E-state index contributed by atoms with van der Waals surface area (Å²) >= 11 is 0. The number of hydrogen-bond donors (Lipinski definition) is 3. The summed E-state index contributed by atoms with van der Waals surface area (Å²) in [4.78, 5) is 22.8. The number of aliphatic hydroxyl groups excluding tert-OH is 1. The minimum atomic E-state index is 0.250. The van der Waals surface area contributed by atoms with Gasteiger partial charge in [-0.1, -0.05) is 0 Å². The molecule has 0 aromatic heterocycles. The van der Waals surface area contributed by atoms with Gasteiger partial charge in [0, 0.05) is 16.5 Å². The molecule has 6 heteroatoms. The number of aliphatic hydroxyl groups is 1. The van der Waals surface area contributed by atoms with Crippen molar-refractivity contribution < 1.29 is 20.4 Å². The van der Waals surface area contributed by atoms with Crippen molar-refractivity contribution >= 4 is 6.29 Å². The number of carbonyl (C=O) groups excluding carboxylic acids is 1. The number of carbonyl (C=O) groups is 1. The van der Waals surface area contributed by atoms with Gasteiger partial charge < -0.3 is 9.90 Å². The monoisotopic (exact) mass is 156 g/mol. The lowest BCUT2D eigenvalue weighted by Gasteiger charge is -1.52. The van der Waals surface area contributed by atoms with E-state index >= 15 is 0 Å². The molecule has 0 saturated carbocycles. The van der Waals surface area contributed by atoms with Gasteiger partial charge in [-0.05, 0) is 13.8 Å². The predicted octanol–water partition coefficient (Wildman–Crippen LogP) is 0.288. The summed E-state index contributed by atoms with van der Waals surface area (Å²) in [5.41, 5.74) is 0. The van der Waals surface area contributed by atoms with Crippen LogP contribution in [-0.4, -0.2) is 28.5 Å². The van der Waals surface area contributed by atoms with Crippen LogP contribution < -0.4 is 0 Å². The zero-order valence-electron chi connectivity index (χ0n) is 5.85. The van der Waals surface area contributed by atoms with Crippen molar-refractivity contribution in [2.45, 2.75) is 13.8 Å². The van der Waals surface area contributed by atoms with Crippen LogP contribution in [0.3, 0.4) is 0 Å².